The van der Waals surface area contributed by atoms with Crippen LogP contribution in [-0.2, 0) is 11.3 Å². The fraction of sp³-hybridized carbons (Fsp3) is 0.182. The maximum absolute atomic E-state index is 12.3. The zero-order valence-corrected chi connectivity index (χ0v) is 15.9. The molecule has 0 spiro atoms. The van der Waals surface area contributed by atoms with E-state index in [1.165, 1.54) is 0 Å². The van der Waals surface area contributed by atoms with Gasteiger partial charge in [-0.2, -0.15) is 0 Å². The monoisotopic (exact) mass is 394 g/mol. The molecule has 6 heteroatoms. The fourth-order valence-corrected chi connectivity index (χ4v) is 3.05. The second kappa shape index (κ2) is 8.42. The number of likely N-dealkylation sites (tertiary alicyclic amines) is 1. The van der Waals surface area contributed by atoms with E-state index in [1.54, 1.807) is 23.4 Å². The lowest BCUT2D eigenvalue weighted by Gasteiger charge is -2.37. The lowest BCUT2D eigenvalue weighted by atomic mass is 10.1. The minimum Gasteiger partial charge on any atom is -0.410 e. The molecule has 1 aromatic heterocycles. The number of hydrogen-bond acceptors (Lipinski definition) is 4. The molecule has 28 heavy (non-hydrogen) atoms. The molecule has 0 radical (unpaired) electrons. The van der Waals surface area contributed by atoms with Crippen LogP contribution in [0.15, 0.2) is 73.1 Å². The first-order chi connectivity index (χ1) is 13.7. The minimum absolute atomic E-state index is 0.0185. The maximum Gasteiger partial charge on any atom is 0.415 e. The van der Waals surface area contributed by atoms with Crippen LogP contribution in [0.5, 0.6) is 5.75 Å². The number of hydrogen-bond donors (Lipinski definition) is 0. The Labute approximate surface area is 168 Å². The lowest BCUT2D eigenvalue weighted by Crippen LogP contribution is -2.55. The van der Waals surface area contributed by atoms with Gasteiger partial charge in [0.1, 0.15) is 5.75 Å². The number of halogens is 1. The average Bonchev–Trinajstić information content (AvgIpc) is 2.69. The van der Waals surface area contributed by atoms with Gasteiger partial charge in [-0.15, -0.1) is 0 Å². The van der Waals surface area contributed by atoms with Gasteiger partial charge in [-0.25, -0.2) is 4.79 Å². The molecule has 3 aromatic rings. The van der Waals surface area contributed by atoms with Crippen LogP contribution in [0, 0.1) is 0 Å². The third-order valence-corrected chi connectivity index (χ3v) is 4.79. The van der Waals surface area contributed by atoms with Crippen LogP contribution in [0.3, 0.4) is 0 Å². The Morgan fingerprint density at radius 1 is 1.07 bits per heavy atom. The highest BCUT2D eigenvalue weighted by Crippen LogP contribution is 2.24. The molecule has 2 heterocycles. The number of pyridine rings is 1. The van der Waals surface area contributed by atoms with Crippen molar-refractivity contribution < 1.29 is 14.3 Å². The smallest absolute Gasteiger partial charge is 0.410 e. The lowest BCUT2D eigenvalue weighted by molar-refractivity contribution is -0.0508. The van der Waals surface area contributed by atoms with Crippen molar-refractivity contribution in [2.45, 2.75) is 12.7 Å². The molecule has 0 atom stereocenters. The molecule has 4 rings (SSSR count). The van der Waals surface area contributed by atoms with Crippen molar-refractivity contribution in [3.8, 4) is 16.9 Å². The standard InChI is InChI=1S/C22H19ClN2O3/c23-19-8-6-16(7-9-19)15-27-21-13-25(14-21)22(26)28-20-5-1-3-17(11-20)18-4-2-10-24-12-18/h1-12,21H,13-15H2. The van der Waals surface area contributed by atoms with Gasteiger partial charge in [0.05, 0.1) is 25.8 Å². The van der Waals surface area contributed by atoms with Crippen LogP contribution in [0.25, 0.3) is 11.1 Å². The number of amides is 1. The van der Waals surface area contributed by atoms with Gasteiger partial charge in [-0.1, -0.05) is 41.9 Å². The molecule has 142 valence electrons. The summed E-state index contributed by atoms with van der Waals surface area (Å²) >= 11 is 5.88. The van der Waals surface area contributed by atoms with E-state index in [1.807, 2.05) is 54.6 Å². The summed E-state index contributed by atoms with van der Waals surface area (Å²) in [5.74, 6) is 0.511. The van der Waals surface area contributed by atoms with E-state index < -0.39 is 0 Å². The minimum atomic E-state index is -0.366. The molecule has 0 aliphatic carbocycles. The third-order valence-electron chi connectivity index (χ3n) is 4.54. The zero-order valence-electron chi connectivity index (χ0n) is 15.1. The van der Waals surface area contributed by atoms with Crippen LogP contribution < -0.4 is 4.74 Å². The summed E-state index contributed by atoms with van der Waals surface area (Å²) in [5.41, 5.74) is 2.98. The molecule has 1 aliphatic heterocycles. The normalized spacial score (nSPS) is 13.8. The summed E-state index contributed by atoms with van der Waals surface area (Å²) in [6.07, 6.45) is 3.15. The molecule has 1 fully saturated rings. The molecular formula is C22H19ClN2O3. The summed E-state index contributed by atoms with van der Waals surface area (Å²) in [6.45, 7) is 1.54. The van der Waals surface area contributed by atoms with E-state index in [9.17, 15) is 4.79 Å². The Kier molecular flexibility index (Phi) is 5.55. The Hall–Kier alpha value is -2.89. The Bertz CT molecular complexity index is 942. The molecule has 1 amide bonds. The van der Waals surface area contributed by atoms with Crippen molar-refractivity contribution in [1.82, 2.24) is 9.88 Å². The first-order valence-corrected chi connectivity index (χ1v) is 9.38. The van der Waals surface area contributed by atoms with Crippen molar-refractivity contribution in [2.24, 2.45) is 0 Å². The number of benzene rings is 2. The number of carbonyl (C=O) groups is 1. The largest absolute Gasteiger partial charge is 0.415 e. The average molecular weight is 395 g/mol. The van der Waals surface area contributed by atoms with Gasteiger partial charge in [0.25, 0.3) is 0 Å². The van der Waals surface area contributed by atoms with Gasteiger partial charge in [0.2, 0.25) is 0 Å². The maximum atomic E-state index is 12.3. The van der Waals surface area contributed by atoms with Crippen molar-refractivity contribution in [2.75, 3.05) is 13.1 Å². The highest BCUT2D eigenvalue weighted by molar-refractivity contribution is 6.30. The van der Waals surface area contributed by atoms with Gasteiger partial charge in [0, 0.05) is 23.0 Å². The van der Waals surface area contributed by atoms with E-state index in [2.05, 4.69) is 4.98 Å². The van der Waals surface area contributed by atoms with Crippen molar-refractivity contribution in [1.29, 1.82) is 0 Å². The van der Waals surface area contributed by atoms with Gasteiger partial charge in [-0.05, 0) is 41.5 Å². The molecule has 1 saturated heterocycles. The summed E-state index contributed by atoms with van der Waals surface area (Å²) < 4.78 is 11.3. The van der Waals surface area contributed by atoms with E-state index in [0.717, 1.165) is 16.7 Å². The Balaban J connectivity index is 1.27. The van der Waals surface area contributed by atoms with E-state index in [-0.39, 0.29) is 12.2 Å². The molecule has 0 saturated carbocycles. The highest BCUT2D eigenvalue weighted by Gasteiger charge is 2.32. The Morgan fingerprint density at radius 2 is 1.86 bits per heavy atom. The quantitative estimate of drug-likeness (QED) is 0.623. The first-order valence-electron chi connectivity index (χ1n) is 9.00. The van der Waals surface area contributed by atoms with Crippen molar-refractivity contribution in [3.63, 3.8) is 0 Å². The Morgan fingerprint density at radius 3 is 2.61 bits per heavy atom. The predicted octanol–water partition coefficient (Wildman–Crippen LogP) is 4.80. The molecule has 0 unspecified atom stereocenters. The second-order valence-corrected chi connectivity index (χ2v) is 7.04. The second-order valence-electron chi connectivity index (χ2n) is 6.60. The summed E-state index contributed by atoms with van der Waals surface area (Å²) in [6, 6.07) is 18.8. The van der Waals surface area contributed by atoms with Gasteiger partial charge in [-0.3, -0.25) is 4.98 Å². The van der Waals surface area contributed by atoms with Gasteiger partial charge < -0.3 is 14.4 Å². The van der Waals surface area contributed by atoms with Crippen LogP contribution in [0.4, 0.5) is 4.79 Å². The van der Waals surface area contributed by atoms with E-state index >= 15 is 0 Å². The van der Waals surface area contributed by atoms with Crippen LogP contribution in [-0.4, -0.2) is 35.2 Å². The van der Waals surface area contributed by atoms with Crippen LogP contribution in [0.2, 0.25) is 5.02 Å². The topological polar surface area (TPSA) is 51.7 Å². The molecule has 1 aliphatic rings. The first kappa shape index (κ1) is 18.5. The van der Waals surface area contributed by atoms with Crippen molar-refractivity contribution in [3.05, 3.63) is 83.6 Å². The predicted molar refractivity (Wildman–Crippen MR) is 107 cm³/mol. The summed E-state index contributed by atoms with van der Waals surface area (Å²) in [7, 11) is 0. The SMILES string of the molecule is O=C(Oc1cccc(-c2cccnc2)c1)N1CC(OCc2ccc(Cl)cc2)C1. The molecule has 5 nitrogen and oxygen atoms in total. The summed E-state index contributed by atoms with van der Waals surface area (Å²) in [4.78, 5) is 18.1. The molecule has 0 N–H and O–H groups in total. The van der Waals surface area contributed by atoms with E-state index in [4.69, 9.17) is 21.1 Å². The van der Waals surface area contributed by atoms with E-state index in [0.29, 0.717) is 30.5 Å². The van der Waals surface area contributed by atoms with Gasteiger partial charge in [0.15, 0.2) is 0 Å². The molecular weight excluding hydrogens is 376 g/mol. The number of ether oxygens (including phenoxy) is 2. The van der Waals surface area contributed by atoms with Gasteiger partial charge >= 0.3 is 6.09 Å². The summed E-state index contributed by atoms with van der Waals surface area (Å²) in [5, 5.41) is 0.703. The number of rotatable bonds is 5. The van der Waals surface area contributed by atoms with Crippen molar-refractivity contribution >= 4 is 17.7 Å². The zero-order chi connectivity index (χ0) is 19.3. The highest BCUT2D eigenvalue weighted by atomic mass is 35.5. The fourth-order valence-electron chi connectivity index (χ4n) is 2.93. The third kappa shape index (κ3) is 4.50. The number of carbonyl (C=O) groups excluding carboxylic acids is 1. The van der Waals surface area contributed by atoms with Crippen LogP contribution >= 0.6 is 11.6 Å². The van der Waals surface area contributed by atoms with Crippen LogP contribution in [0.1, 0.15) is 5.56 Å². The number of nitrogens with zero attached hydrogens (tertiary/aromatic N) is 2. The molecule has 0 bridgehead atoms. The molecule has 2 aromatic carbocycles. The number of aromatic nitrogens is 1.